The summed E-state index contributed by atoms with van der Waals surface area (Å²) in [7, 11) is 0. The number of para-hydroxylation sites is 2. The highest BCUT2D eigenvalue weighted by molar-refractivity contribution is 7.99. The molecule has 0 aliphatic carbocycles. The van der Waals surface area contributed by atoms with Crippen LogP contribution in [0.1, 0.15) is 29.3 Å². The first-order valence-corrected chi connectivity index (χ1v) is 10.7. The van der Waals surface area contributed by atoms with Crippen LogP contribution in [-0.4, -0.2) is 26.4 Å². The predicted molar refractivity (Wildman–Crippen MR) is 119 cm³/mol. The Bertz CT molecular complexity index is 1150. The van der Waals surface area contributed by atoms with E-state index < -0.39 is 5.97 Å². The summed E-state index contributed by atoms with van der Waals surface area (Å²) in [5.41, 5.74) is 5.26. The number of benzene rings is 3. The molecule has 1 aromatic heterocycles. The summed E-state index contributed by atoms with van der Waals surface area (Å²) in [6, 6.07) is 23.4. The minimum atomic E-state index is -0.910. The van der Waals surface area contributed by atoms with Crippen molar-refractivity contribution in [2.75, 3.05) is 5.75 Å². The molecule has 4 rings (SSSR count). The highest BCUT2D eigenvalue weighted by Crippen LogP contribution is 2.27. The fraction of sp³-hybridized carbons (Fsp3) is 0.167. The maximum absolute atomic E-state index is 11.5. The molecule has 29 heavy (non-hydrogen) atoms. The van der Waals surface area contributed by atoms with Gasteiger partial charge in [0.1, 0.15) is 0 Å². The summed E-state index contributed by atoms with van der Waals surface area (Å²) in [5, 5.41) is 10.5. The van der Waals surface area contributed by atoms with E-state index in [-0.39, 0.29) is 0 Å². The number of nitrogens with zero attached hydrogens (tertiary/aromatic N) is 2. The first kappa shape index (κ1) is 19.3. The van der Waals surface area contributed by atoms with Crippen LogP contribution in [0.4, 0.5) is 0 Å². The molecule has 0 amide bonds. The SMILES string of the molecule is CCCSc1nc2ccccc2n1Cc1ccc(-c2ccccc2C(=O)O)cc1. The zero-order valence-corrected chi connectivity index (χ0v) is 17.0. The standard InChI is InChI=1S/C24H22N2O2S/c1-2-15-29-24-25-21-9-5-6-10-22(21)26(24)16-17-11-13-18(14-12-17)19-7-3-4-8-20(19)23(27)28/h3-14H,2,15-16H2,1H3,(H,27,28). The van der Waals surface area contributed by atoms with E-state index in [4.69, 9.17) is 4.98 Å². The van der Waals surface area contributed by atoms with Gasteiger partial charge in [0.05, 0.1) is 23.1 Å². The number of aromatic carboxylic acids is 1. The number of carbonyl (C=O) groups is 1. The molecule has 0 unspecified atom stereocenters. The number of fused-ring (bicyclic) bond motifs is 1. The Kier molecular flexibility index (Phi) is 5.67. The second-order valence-electron chi connectivity index (χ2n) is 6.87. The summed E-state index contributed by atoms with van der Waals surface area (Å²) in [5.74, 6) is 0.126. The van der Waals surface area contributed by atoms with Crippen LogP contribution >= 0.6 is 11.8 Å². The second kappa shape index (κ2) is 8.53. The van der Waals surface area contributed by atoms with Gasteiger partial charge in [-0.25, -0.2) is 9.78 Å². The van der Waals surface area contributed by atoms with E-state index in [9.17, 15) is 9.90 Å². The van der Waals surface area contributed by atoms with Crippen LogP contribution in [0.15, 0.2) is 78.0 Å². The van der Waals surface area contributed by atoms with E-state index in [1.54, 1.807) is 23.9 Å². The minimum absolute atomic E-state index is 0.319. The van der Waals surface area contributed by atoms with Crippen molar-refractivity contribution in [1.82, 2.24) is 9.55 Å². The molecular formula is C24H22N2O2S. The maximum atomic E-state index is 11.5. The van der Waals surface area contributed by atoms with Gasteiger partial charge >= 0.3 is 5.97 Å². The third-order valence-corrected chi connectivity index (χ3v) is 6.00. The number of rotatable bonds is 7. The van der Waals surface area contributed by atoms with E-state index in [0.717, 1.165) is 51.6 Å². The second-order valence-corrected chi connectivity index (χ2v) is 7.93. The van der Waals surface area contributed by atoms with Crippen LogP contribution in [0, 0.1) is 0 Å². The van der Waals surface area contributed by atoms with Gasteiger partial charge < -0.3 is 9.67 Å². The highest BCUT2D eigenvalue weighted by atomic mass is 32.2. The van der Waals surface area contributed by atoms with E-state index in [1.165, 1.54) is 0 Å². The largest absolute Gasteiger partial charge is 0.478 e. The predicted octanol–water partition coefficient (Wildman–Crippen LogP) is 5.95. The number of carboxylic acids is 1. The fourth-order valence-electron chi connectivity index (χ4n) is 3.40. The van der Waals surface area contributed by atoms with E-state index >= 15 is 0 Å². The number of hydrogen-bond acceptors (Lipinski definition) is 3. The molecule has 146 valence electrons. The van der Waals surface area contributed by atoms with Crippen LogP contribution < -0.4 is 0 Å². The van der Waals surface area contributed by atoms with Crippen molar-refractivity contribution < 1.29 is 9.90 Å². The van der Waals surface area contributed by atoms with Crippen LogP contribution in [0.5, 0.6) is 0 Å². The molecular weight excluding hydrogens is 380 g/mol. The molecule has 0 radical (unpaired) electrons. The Balaban J connectivity index is 1.66. The zero-order valence-electron chi connectivity index (χ0n) is 16.2. The van der Waals surface area contributed by atoms with Crippen molar-refractivity contribution in [1.29, 1.82) is 0 Å². The lowest BCUT2D eigenvalue weighted by Crippen LogP contribution is -2.02. The topological polar surface area (TPSA) is 55.1 Å². The average molecular weight is 403 g/mol. The quantitative estimate of drug-likeness (QED) is 0.388. The molecule has 0 atom stereocenters. The van der Waals surface area contributed by atoms with Crippen LogP contribution in [-0.2, 0) is 6.54 Å². The number of thioether (sulfide) groups is 1. The molecule has 0 saturated heterocycles. The highest BCUT2D eigenvalue weighted by Gasteiger charge is 2.13. The van der Waals surface area contributed by atoms with Crippen molar-refractivity contribution in [2.45, 2.75) is 25.0 Å². The molecule has 0 aliphatic rings. The summed E-state index contributed by atoms with van der Waals surface area (Å²) in [6.07, 6.45) is 1.10. The lowest BCUT2D eigenvalue weighted by molar-refractivity contribution is 0.0697. The van der Waals surface area contributed by atoms with Crippen LogP contribution in [0.2, 0.25) is 0 Å². The van der Waals surface area contributed by atoms with Crippen molar-refractivity contribution in [2.24, 2.45) is 0 Å². The van der Waals surface area contributed by atoms with Gasteiger partial charge in [-0.3, -0.25) is 0 Å². The Morgan fingerprint density at radius 1 is 1.00 bits per heavy atom. The maximum Gasteiger partial charge on any atom is 0.336 e. The summed E-state index contributed by atoms with van der Waals surface area (Å²) >= 11 is 1.78. The molecule has 0 spiro atoms. The molecule has 0 fully saturated rings. The lowest BCUT2D eigenvalue weighted by Gasteiger charge is -2.11. The Morgan fingerprint density at radius 3 is 2.48 bits per heavy atom. The van der Waals surface area contributed by atoms with Crippen molar-refractivity contribution in [3.8, 4) is 11.1 Å². The van der Waals surface area contributed by atoms with Gasteiger partial charge in [-0.2, -0.15) is 0 Å². The van der Waals surface area contributed by atoms with Gasteiger partial charge in [0.2, 0.25) is 0 Å². The number of hydrogen-bond donors (Lipinski definition) is 1. The van der Waals surface area contributed by atoms with E-state index in [0.29, 0.717) is 5.56 Å². The van der Waals surface area contributed by atoms with E-state index in [1.807, 2.05) is 42.5 Å². The number of imidazole rings is 1. The van der Waals surface area contributed by atoms with Crippen molar-refractivity contribution in [3.05, 3.63) is 83.9 Å². The molecule has 4 nitrogen and oxygen atoms in total. The van der Waals surface area contributed by atoms with Gasteiger partial charge in [0.15, 0.2) is 5.16 Å². The zero-order chi connectivity index (χ0) is 20.2. The first-order valence-electron chi connectivity index (χ1n) is 9.67. The molecule has 1 N–H and O–H groups in total. The Labute approximate surface area is 174 Å². The molecule has 4 aromatic rings. The molecule has 0 bridgehead atoms. The summed E-state index contributed by atoms with van der Waals surface area (Å²) < 4.78 is 2.26. The van der Waals surface area contributed by atoms with Gasteiger partial charge in [-0.1, -0.05) is 73.3 Å². The first-order chi connectivity index (χ1) is 14.2. The van der Waals surface area contributed by atoms with Gasteiger partial charge in [-0.05, 0) is 41.3 Å². The Morgan fingerprint density at radius 2 is 1.72 bits per heavy atom. The number of aromatic nitrogens is 2. The third-order valence-electron chi connectivity index (χ3n) is 4.82. The molecule has 0 aliphatic heterocycles. The van der Waals surface area contributed by atoms with Gasteiger partial charge in [0.25, 0.3) is 0 Å². The lowest BCUT2D eigenvalue weighted by atomic mass is 9.99. The van der Waals surface area contributed by atoms with Crippen LogP contribution in [0.25, 0.3) is 22.2 Å². The molecule has 1 heterocycles. The summed E-state index contributed by atoms with van der Waals surface area (Å²) in [6.45, 7) is 2.90. The van der Waals surface area contributed by atoms with Gasteiger partial charge in [-0.15, -0.1) is 0 Å². The summed E-state index contributed by atoms with van der Waals surface area (Å²) in [4.78, 5) is 16.3. The third kappa shape index (κ3) is 4.05. The normalized spacial score (nSPS) is 11.1. The van der Waals surface area contributed by atoms with Gasteiger partial charge in [0, 0.05) is 5.75 Å². The van der Waals surface area contributed by atoms with E-state index in [2.05, 4.69) is 29.7 Å². The fourth-order valence-corrected chi connectivity index (χ4v) is 4.27. The minimum Gasteiger partial charge on any atom is -0.478 e. The Hall–Kier alpha value is -3.05. The molecule has 3 aromatic carbocycles. The average Bonchev–Trinajstić information content (AvgIpc) is 3.10. The smallest absolute Gasteiger partial charge is 0.336 e. The van der Waals surface area contributed by atoms with Crippen molar-refractivity contribution >= 4 is 28.8 Å². The van der Waals surface area contributed by atoms with Crippen molar-refractivity contribution in [3.63, 3.8) is 0 Å². The monoisotopic (exact) mass is 402 g/mol. The molecule has 0 saturated carbocycles. The van der Waals surface area contributed by atoms with Crippen LogP contribution in [0.3, 0.4) is 0 Å². The number of carboxylic acid groups (broad SMARTS) is 1. The molecule has 5 heteroatoms.